The van der Waals surface area contributed by atoms with Crippen molar-refractivity contribution in [1.82, 2.24) is 4.90 Å². The Morgan fingerprint density at radius 3 is 2.48 bits per heavy atom. The van der Waals surface area contributed by atoms with E-state index in [0.717, 1.165) is 30.4 Å². The van der Waals surface area contributed by atoms with Crippen LogP contribution in [0.4, 0.5) is 0 Å². The lowest BCUT2D eigenvalue weighted by atomic mass is 9.97. The summed E-state index contributed by atoms with van der Waals surface area (Å²) in [6, 6.07) is 11.1. The summed E-state index contributed by atoms with van der Waals surface area (Å²) in [4.78, 5) is 28.5. The van der Waals surface area contributed by atoms with E-state index in [1.165, 1.54) is 5.56 Å². The van der Waals surface area contributed by atoms with Gasteiger partial charge in [-0.3, -0.25) is 9.59 Å². The predicted molar refractivity (Wildman–Crippen MR) is 116 cm³/mol. The molecule has 1 unspecified atom stereocenters. The molecule has 0 saturated heterocycles. The lowest BCUT2D eigenvalue weighted by molar-refractivity contribution is 0.0725. The molecule has 4 rings (SSSR count). The van der Waals surface area contributed by atoms with Gasteiger partial charge in [0.25, 0.3) is 5.91 Å². The van der Waals surface area contributed by atoms with Crippen molar-refractivity contribution in [2.45, 2.75) is 46.1 Å². The first-order chi connectivity index (χ1) is 14.0. The Balaban J connectivity index is 1.95. The van der Waals surface area contributed by atoms with Gasteiger partial charge in [-0.1, -0.05) is 56.1 Å². The van der Waals surface area contributed by atoms with Crippen molar-refractivity contribution in [2.24, 2.45) is 0 Å². The highest BCUT2D eigenvalue weighted by Crippen LogP contribution is 2.39. The summed E-state index contributed by atoms with van der Waals surface area (Å²) in [5.41, 5.74) is 3.59. The summed E-state index contributed by atoms with van der Waals surface area (Å²) in [6.07, 6.45) is 2.76. The van der Waals surface area contributed by atoms with Crippen LogP contribution in [-0.2, 0) is 6.42 Å². The molecular weight excluding hydrogens is 386 g/mol. The van der Waals surface area contributed by atoms with Gasteiger partial charge in [0, 0.05) is 11.6 Å². The average Bonchev–Trinajstić information content (AvgIpc) is 3.00. The molecule has 0 bridgehead atoms. The van der Waals surface area contributed by atoms with Crippen LogP contribution in [0, 0.1) is 6.92 Å². The van der Waals surface area contributed by atoms with Crippen LogP contribution in [0.25, 0.3) is 11.0 Å². The summed E-state index contributed by atoms with van der Waals surface area (Å²) in [5.74, 6) is -0.0606. The molecule has 1 atom stereocenters. The topological polar surface area (TPSA) is 50.5 Å². The zero-order chi connectivity index (χ0) is 20.7. The predicted octanol–water partition coefficient (Wildman–Crippen LogP) is 5.66. The first-order valence-corrected chi connectivity index (χ1v) is 10.5. The maximum absolute atomic E-state index is 13.5. The van der Waals surface area contributed by atoms with Crippen LogP contribution in [0.15, 0.2) is 45.6 Å². The monoisotopic (exact) mass is 409 g/mol. The Bertz CT molecular complexity index is 1150. The number of carbonyl (C=O) groups excluding carboxylic acids is 1. The van der Waals surface area contributed by atoms with Crippen molar-refractivity contribution in [3.8, 4) is 0 Å². The van der Waals surface area contributed by atoms with Gasteiger partial charge >= 0.3 is 0 Å². The van der Waals surface area contributed by atoms with E-state index in [0.29, 0.717) is 28.1 Å². The van der Waals surface area contributed by atoms with Gasteiger partial charge in [0.05, 0.1) is 17.0 Å². The second kappa shape index (κ2) is 7.68. The molecule has 5 heteroatoms. The van der Waals surface area contributed by atoms with Gasteiger partial charge in [-0.25, -0.2) is 0 Å². The maximum Gasteiger partial charge on any atom is 0.290 e. The number of amides is 1. The molecule has 4 nitrogen and oxygen atoms in total. The zero-order valence-electron chi connectivity index (χ0n) is 16.9. The molecule has 0 fully saturated rings. The lowest BCUT2D eigenvalue weighted by Gasteiger charge is -2.25. The van der Waals surface area contributed by atoms with Crippen molar-refractivity contribution in [2.75, 3.05) is 6.54 Å². The van der Waals surface area contributed by atoms with Crippen LogP contribution >= 0.6 is 11.6 Å². The Morgan fingerprint density at radius 1 is 1.10 bits per heavy atom. The van der Waals surface area contributed by atoms with Crippen molar-refractivity contribution in [3.63, 3.8) is 0 Å². The summed E-state index contributed by atoms with van der Waals surface area (Å²) in [5, 5.41) is 0.931. The zero-order valence-corrected chi connectivity index (χ0v) is 17.7. The molecule has 150 valence electrons. The molecule has 2 heterocycles. The molecule has 2 aromatic carbocycles. The number of aryl methyl sites for hydroxylation is 2. The highest BCUT2D eigenvalue weighted by molar-refractivity contribution is 6.32. The third-order valence-corrected chi connectivity index (χ3v) is 6.11. The summed E-state index contributed by atoms with van der Waals surface area (Å²) in [6.45, 7) is 6.61. The summed E-state index contributed by atoms with van der Waals surface area (Å²) in [7, 11) is 0. The quantitative estimate of drug-likeness (QED) is 0.546. The number of unbranched alkanes of at least 4 members (excludes halogenated alkanes) is 1. The number of halogens is 1. The fourth-order valence-electron chi connectivity index (χ4n) is 3.98. The standard InChI is InChI=1S/C24H24ClNO3/c1-4-6-11-26-21(16-9-7-15(5-2)8-10-16)20-22(27)17-13-18(25)14(3)12-19(17)29-23(20)24(26)28/h7-10,12-13,21H,4-6,11H2,1-3H3. The van der Waals surface area contributed by atoms with E-state index in [1.807, 2.05) is 19.1 Å². The number of rotatable bonds is 5. The smallest absolute Gasteiger partial charge is 0.290 e. The third kappa shape index (κ3) is 3.25. The van der Waals surface area contributed by atoms with E-state index >= 15 is 0 Å². The number of carbonyl (C=O) groups is 1. The van der Waals surface area contributed by atoms with Gasteiger partial charge in [-0.05, 0) is 48.6 Å². The van der Waals surface area contributed by atoms with Crippen LogP contribution in [0.5, 0.6) is 0 Å². The first-order valence-electron chi connectivity index (χ1n) is 10.1. The first kappa shape index (κ1) is 19.7. The minimum absolute atomic E-state index is 0.157. The molecule has 0 spiro atoms. The minimum Gasteiger partial charge on any atom is -0.450 e. The molecule has 1 aliphatic rings. The molecule has 3 aromatic rings. The van der Waals surface area contributed by atoms with Crippen molar-refractivity contribution < 1.29 is 9.21 Å². The third-order valence-electron chi connectivity index (χ3n) is 5.70. The minimum atomic E-state index is -0.435. The molecule has 0 radical (unpaired) electrons. The molecule has 29 heavy (non-hydrogen) atoms. The number of nitrogens with zero attached hydrogens (tertiary/aromatic N) is 1. The van der Waals surface area contributed by atoms with Crippen LogP contribution in [-0.4, -0.2) is 17.4 Å². The Morgan fingerprint density at radius 2 is 1.83 bits per heavy atom. The van der Waals surface area contributed by atoms with Crippen molar-refractivity contribution in [1.29, 1.82) is 0 Å². The SMILES string of the molecule is CCCCN1C(=O)c2oc3cc(C)c(Cl)cc3c(=O)c2C1c1ccc(CC)cc1. The van der Waals surface area contributed by atoms with E-state index in [-0.39, 0.29) is 17.1 Å². The second-order valence-electron chi connectivity index (χ2n) is 7.62. The van der Waals surface area contributed by atoms with E-state index in [2.05, 4.69) is 26.0 Å². The normalized spacial score (nSPS) is 15.9. The molecule has 1 amide bonds. The molecule has 1 aliphatic heterocycles. The number of hydrogen-bond donors (Lipinski definition) is 0. The molecule has 0 aliphatic carbocycles. The van der Waals surface area contributed by atoms with Gasteiger partial charge in [-0.15, -0.1) is 0 Å². The van der Waals surface area contributed by atoms with E-state index in [4.69, 9.17) is 16.0 Å². The summed E-state index contributed by atoms with van der Waals surface area (Å²) < 4.78 is 5.99. The number of fused-ring (bicyclic) bond motifs is 2. The van der Waals surface area contributed by atoms with Crippen LogP contribution in [0.3, 0.4) is 0 Å². The number of hydrogen-bond acceptors (Lipinski definition) is 3. The van der Waals surface area contributed by atoms with Crippen LogP contribution in [0.2, 0.25) is 5.02 Å². The Labute approximate surface area is 175 Å². The second-order valence-corrected chi connectivity index (χ2v) is 8.03. The van der Waals surface area contributed by atoms with Gasteiger partial charge in [0.1, 0.15) is 5.58 Å². The highest BCUT2D eigenvalue weighted by atomic mass is 35.5. The Kier molecular flexibility index (Phi) is 5.22. The average molecular weight is 410 g/mol. The highest BCUT2D eigenvalue weighted by Gasteiger charge is 2.42. The van der Waals surface area contributed by atoms with Crippen LogP contribution in [0.1, 0.15) is 65.5 Å². The molecule has 0 N–H and O–H groups in total. The van der Waals surface area contributed by atoms with Crippen molar-refractivity contribution in [3.05, 3.63) is 79.7 Å². The van der Waals surface area contributed by atoms with E-state index < -0.39 is 6.04 Å². The molecule has 1 aromatic heterocycles. The fourth-order valence-corrected chi connectivity index (χ4v) is 4.15. The summed E-state index contributed by atoms with van der Waals surface area (Å²) >= 11 is 6.27. The van der Waals surface area contributed by atoms with Gasteiger partial charge in [0.15, 0.2) is 5.43 Å². The van der Waals surface area contributed by atoms with E-state index in [9.17, 15) is 9.59 Å². The lowest BCUT2D eigenvalue weighted by Crippen LogP contribution is -2.30. The fraction of sp³-hybridized carbons (Fsp3) is 0.333. The van der Waals surface area contributed by atoms with Crippen LogP contribution < -0.4 is 5.43 Å². The van der Waals surface area contributed by atoms with Crippen molar-refractivity contribution >= 4 is 28.5 Å². The van der Waals surface area contributed by atoms with Gasteiger partial charge < -0.3 is 9.32 Å². The Hall–Kier alpha value is -2.59. The van der Waals surface area contributed by atoms with E-state index in [1.54, 1.807) is 17.0 Å². The largest absolute Gasteiger partial charge is 0.450 e. The molecular formula is C24H24ClNO3. The van der Waals surface area contributed by atoms with Gasteiger partial charge in [0.2, 0.25) is 5.76 Å². The van der Waals surface area contributed by atoms with Gasteiger partial charge in [-0.2, -0.15) is 0 Å². The molecule has 0 saturated carbocycles. The maximum atomic E-state index is 13.5. The number of benzene rings is 2.